The lowest BCUT2D eigenvalue weighted by molar-refractivity contribution is -0.123. The predicted molar refractivity (Wildman–Crippen MR) is 102 cm³/mol. The molecule has 0 amide bonds. The Bertz CT molecular complexity index is 903. The van der Waals surface area contributed by atoms with Crippen LogP contribution in [0.2, 0.25) is 0 Å². The average Bonchev–Trinajstić information content (AvgIpc) is 3.22. The molecule has 5 nitrogen and oxygen atoms in total. The molecular formula is C20H21N3O2S. The SMILES string of the molecule is O=C(Cc1cc2nc(-c3cncs3)ccc2cn1)C1CCC(CO)CC1. The topological polar surface area (TPSA) is 76.0 Å². The second kappa shape index (κ2) is 7.60. The number of carbonyl (C=O) groups is 1. The summed E-state index contributed by atoms with van der Waals surface area (Å²) in [6, 6.07) is 5.91. The van der Waals surface area contributed by atoms with Crippen molar-refractivity contribution in [2.45, 2.75) is 32.1 Å². The summed E-state index contributed by atoms with van der Waals surface area (Å²) in [6.45, 7) is 0.237. The van der Waals surface area contributed by atoms with Gasteiger partial charge in [0.25, 0.3) is 0 Å². The highest BCUT2D eigenvalue weighted by molar-refractivity contribution is 7.13. The van der Waals surface area contributed by atoms with Crippen LogP contribution >= 0.6 is 11.3 Å². The van der Waals surface area contributed by atoms with Gasteiger partial charge in [0.05, 0.1) is 21.6 Å². The summed E-state index contributed by atoms with van der Waals surface area (Å²) in [5, 5.41) is 10.2. The van der Waals surface area contributed by atoms with E-state index in [1.165, 1.54) is 0 Å². The van der Waals surface area contributed by atoms with Gasteiger partial charge in [0.15, 0.2) is 0 Å². The third kappa shape index (κ3) is 3.66. The number of hydrogen-bond acceptors (Lipinski definition) is 6. The maximum absolute atomic E-state index is 12.6. The zero-order chi connectivity index (χ0) is 17.9. The Balaban J connectivity index is 1.50. The van der Waals surface area contributed by atoms with Crippen LogP contribution < -0.4 is 0 Å². The summed E-state index contributed by atoms with van der Waals surface area (Å²) in [4.78, 5) is 26.9. The standard InChI is InChI=1S/C20H21N3O2S/c24-11-13-1-3-14(4-2-13)19(25)8-16-7-18-15(9-22-16)5-6-17(23-18)20-10-21-12-26-20/h5-7,9-10,12-14,24H,1-4,8,11H2. The van der Waals surface area contributed by atoms with Gasteiger partial charge in [-0.1, -0.05) is 0 Å². The number of fused-ring (bicyclic) bond motifs is 1. The number of nitrogens with zero attached hydrogens (tertiary/aromatic N) is 3. The third-order valence-corrected chi connectivity index (χ3v) is 6.03. The number of thiazole rings is 1. The van der Waals surface area contributed by atoms with Gasteiger partial charge in [0, 0.05) is 42.4 Å². The van der Waals surface area contributed by atoms with E-state index < -0.39 is 0 Å². The number of rotatable bonds is 5. The fourth-order valence-electron chi connectivity index (χ4n) is 3.62. The first-order valence-electron chi connectivity index (χ1n) is 9.01. The van der Waals surface area contributed by atoms with Crippen molar-refractivity contribution >= 4 is 28.0 Å². The number of pyridine rings is 2. The van der Waals surface area contributed by atoms with E-state index in [2.05, 4.69) is 9.97 Å². The third-order valence-electron chi connectivity index (χ3n) is 5.23. The molecule has 1 aliphatic rings. The van der Waals surface area contributed by atoms with E-state index in [9.17, 15) is 9.90 Å². The van der Waals surface area contributed by atoms with Gasteiger partial charge in [-0.3, -0.25) is 14.8 Å². The Morgan fingerprint density at radius 2 is 2.04 bits per heavy atom. The number of ketones is 1. The number of hydrogen-bond donors (Lipinski definition) is 1. The number of carbonyl (C=O) groups excluding carboxylic acids is 1. The molecule has 6 heteroatoms. The van der Waals surface area contributed by atoms with Crippen molar-refractivity contribution in [1.29, 1.82) is 0 Å². The van der Waals surface area contributed by atoms with Crippen molar-refractivity contribution in [2.75, 3.05) is 6.61 Å². The largest absolute Gasteiger partial charge is 0.396 e. The van der Waals surface area contributed by atoms with Crippen LogP contribution in [0, 0.1) is 11.8 Å². The van der Waals surface area contributed by atoms with Crippen molar-refractivity contribution in [2.24, 2.45) is 11.8 Å². The summed E-state index contributed by atoms with van der Waals surface area (Å²) in [6.07, 6.45) is 7.61. The molecule has 0 spiro atoms. The molecule has 3 heterocycles. The van der Waals surface area contributed by atoms with Crippen LogP contribution in [0.25, 0.3) is 21.5 Å². The summed E-state index contributed by atoms with van der Waals surface area (Å²) < 4.78 is 0. The first kappa shape index (κ1) is 17.2. The van der Waals surface area contributed by atoms with Gasteiger partial charge >= 0.3 is 0 Å². The Labute approximate surface area is 156 Å². The average molecular weight is 367 g/mol. The van der Waals surface area contributed by atoms with Crippen molar-refractivity contribution in [1.82, 2.24) is 15.0 Å². The van der Waals surface area contributed by atoms with Crippen LogP contribution in [0.5, 0.6) is 0 Å². The van der Waals surface area contributed by atoms with Crippen LogP contribution in [0.4, 0.5) is 0 Å². The minimum Gasteiger partial charge on any atom is -0.396 e. The Kier molecular flexibility index (Phi) is 5.04. The molecule has 1 fully saturated rings. The molecule has 0 aliphatic heterocycles. The minimum atomic E-state index is 0.104. The molecule has 4 rings (SSSR count). The fourth-order valence-corrected chi connectivity index (χ4v) is 4.22. The van der Waals surface area contributed by atoms with Crippen molar-refractivity contribution in [3.63, 3.8) is 0 Å². The predicted octanol–water partition coefficient (Wildman–Crippen LogP) is 3.66. The molecular weight excluding hydrogens is 346 g/mol. The highest BCUT2D eigenvalue weighted by atomic mass is 32.1. The summed E-state index contributed by atoms with van der Waals surface area (Å²) in [5.41, 5.74) is 4.33. The first-order valence-corrected chi connectivity index (χ1v) is 9.89. The summed E-state index contributed by atoms with van der Waals surface area (Å²) in [7, 11) is 0. The monoisotopic (exact) mass is 367 g/mol. The quantitative estimate of drug-likeness (QED) is 0.745. The van der Waals surface area contributed by atoms with Gasteiger partial charge in [-0.15, -0.1) is 11.3 Å². The zero-order valence-corrected chi connectivity index (χ0v) is 15.3. The maximum Gasteiger partial charge on any atom is 0.141 e. The maximum atomic E-state index is 12.6. The van der Waals surface area contributed by atoms with Crippen LogP contribution in [-0.2, 0) is 11.2 Å². The molecule has 0 saturated heterocycles. The van der Waals surface area contributed by atoms with Crippen molar-refractivity contribution in [3.05, 3.63) is 41.8 Å². The highest BCUT2D eigenvalue weighted by Crippen LogP contribution is 2.30. The van der Waals surface area contributed by atoms with E-state index >= 15 is 0 Å². The van der Waals surface area contributed by atoms with Gasteiger partial charge in [0.2, 0.25) is 0 Å². The second-order valence-corrected chi connectivity index (χ2v) is 7.86. The molecule has 1 saturated carbocycles. The molecule has 26 heavy (non-hydrogen) atoms. The van der Waals surface area contributed by atoms with E-state index in [0.717, 1.165) is 52.9 Å². The molecule has 0 radical (unpaired) electrons. The van der Waals surface area contributed by atoms with Crippen LogP contribution in [0.15, 0.2) is 36.1 Å². The highest BCUT2D eigenvalue weighted by Gasteiger charge is 2.26. The Morgan fingerprint density at radius 1 is 1.19 bits per heavy atom. The van der Waals surface area contributed by atoms with Crippen LogP contribution in [0.1, 0.15) is 31.4 Å². The van der Waals surface area contributed by atoms with E-state index in [1.54, 1.807) is 23.0 Å². The van der Waals surface area contributed by atoms with E-state index in [0.29, 0.717) is 12.3 Å². The molecule has 1 N–H and O–H groups in total. The normalized spacial score (nSPS) is 20.3. The Morgan fingerprint density at radius 3 is 2.77 bits per heavy atom. The summed E-state index contributed by atoms with van der Waals surface area (Å²) in [5.74, 6) is 0.728. The molecule has 0 aromatic carbocycles. The lowest BCUT2D eigenvalue weighted by atomic mass is 9.79. The van der Waals surface area contributed by atoms with Crippen molar-refractivity contribution in [3.8, 4) is 10.6 Å². The molecule has 1 aliphatic carbocycles. The minimum absolute atomic E-state index is 0.104. The smallest absolute Gasteiger partial charge is 0.141 e. The van der Waals surface area contributed by atoms with E-state index in [4.69, 9.17) is 4.98 Å². The molecule has 3 aromatic rings. The lowest BCUT2D eigenvalue weighted by Crippen LogP contribution is -2.24. The van der Waals surface area contributed by atoms with Crippen LogP contribution in [0.3, 0.4) is 0 Å². The van der Waals surface area contributed by atoms with E-state index in [1.807, 2.05) is 24.4 Å². The van der Waals surface area contributed by atoms with Gasteiger partial charge in [-0.2, -0.15) is 0 Å². The number of Topliss-reactive ketones (excluding diaryl/α,β-unsaturated/α-hetero) is 1. The zero-order valence-electron chi connectivity index (χ0n) is 14.5. The van der Waals surface area contributed by atoms with Gasteiger partial charge < -0.3 is 5.11 Å². The van der Waals surface area contributed by atoms with Gasteiger partial charge in [-0.25, -0.2) is 4.98 Å². The molecule has 0 unspecified atom stereocenters. The molecule has 0 bridgehead atoms. The second-order valence-electron chi connectivity index (χ2n) is 6.97. The molecule has 134 valence electrons. The van der Waals surface area contributed by atoms with E-state index in [-0.39, 0.29) is 18.3 Å². The molecule has 0 atom stereocenters. The number of aromatic nitrogens is 3. The Hall–Kier alpha value is -2.18. The fraction of sp³-hybridized carbons (Fsp3) is 0.400. The molecule has 3 aromatic heterocycles. The van der Waals surface area contributed by atoms with Crippen molar-refractivity contribution < 1.29 is 9.90 Å². The first-order chi connectivity index (χ1) is 12.7. The number of aliphatic hydroxyl groups is 1. The van der Waals surface area contributed by atoms with Gasteiger partial charge in [0.1, 0.15) is 5.78 Å². The lowest BCUT2D eigenvalue weighted by Gasteiger charge is -2.26. The van der Waals surface area contributed by atoms with Gasteiger partial charge in [-0.05, 0) is 49.8 Å². The van der Waals surface area contributed by atoms with Crippen LogP contribution in [-0.4, -0.2) is 32.4 Å². The summed E-state index contributed by atoms with van der Waals surface area (Å²) >= 11 is 1.56. The number of aliphatic hydroxyl groups excluding tert-OH is 1.